The Morgan fingerprint density at radius 3 is 3.30 bits per heavy atom. The summed E-state index contributed by atoms with van der Waals surface area (Å²) < 4.78 is 1.40. The highest BCUT2D eigenvalue weighted by atomic mass is 32.1. The fourth-order valence-corrected chi connectivity index (χ4v) is 5.34. The number of hydrogen-bond acceptors (Lipinski definition) is 3. The van der Waals surface area contributed by atoms with E-state index < -0.39 is 0 Å². The SMILES string of the molecule is C1=CCC2=c3nc(C4CC5CCCN5C4)sc3=CC2=C1. The van der Waals surface area contributed by atoms with Crippen LogP contribution < -0.4 is 9.88 Å². The minimum absolute atomic E-state index is 0.691. The van der Waals surface area contributed by atoms with Crippen molar-refractivity contribution in [2.24, 2.45) is 0 Å². The van der Waals surface area contributed by atoms with Crippen LogP contribution in [0.2, 0.25) is 0 Å². The molecule has 2 atom stereocenters. The summed E-state index contributed by atoms with van der Waals surface area (Å²) in [5.41, 5.74) is 2.84. The zero-order valence-corrected chi connectivity index (χ0v) is 12.3. The number of rotatable bonds is 1. The normalized spacial score (nSPS) is 31.0. The summed E-state index contributed by atoms with van der Waals surface area (Å²) >= 11 is 1.94. The van der Waals surface area contributed by atoms with Crippen LogP contribution in [0.3, 0.4) is 0 Å². The van der Waals surface area contributed by atoms with Crippen molar-refractivity contribution < 1.29 is 0 Å². The van der Waals surface area contributed by atoms with Crippen LogP contribution in [-0.4, -0.2) is 29.0 Å². The summed E-state index contributed by atoms with van der Waals surface area (Å²) in [5, 5.41) is 2.68. The standard InChI is InChI=1S/C17H18N2S/c1-2-6-14-11(4-1)9-15-16(14)18-17(20-15)12-8-13-5-3-7-19(13)10-12/h1-2,4,9,12-13H,3,5-8,10H2. The van der Waals surface area contributed by atoms with Crippen LogP contribution in [0.25, 0.3) is 11.6 Å². The van der Waals surface area contributed by atoms with Crippen molar-refractivity contribution in [3.8, 4) is 0 Å². The summed E-state index contributed by atoms with van der Waals surface area (Å²) in [7, 11) is 0. The smallest absolute Gasteiger partial charge is 0.0983 e. The summed E-state index contributed by atoms with van der Waals surface area (Å²) in [6.45, 7) is 2.56. The van der Waals surface area contributed by atoms with E-state index in [4.69, 9.17) is 4.98 Å². The Kier molecular flexibility index (Phi) is 2.38. The van der Waals surface area contributed by atoms with Crippen LogP contribution >= 0.6 is 11.3 Å². The average molecular weight is 282 g/mol. The fourth-order valence-electron chi connectivity index (χ4n) is 4.19. The molecule has 1 aromatic heterocycles. The van der Waals surface area contributed by atoms with Gasteiger partial charge in [-0.2, -0.15) is 0 Å². The molecule has 2 aliphatic heterocycles. The quantitative estimate of drug-likeness (QED) is 0.782. The summed E-state index contributed by atoms with van der Waals surface area (Å²) in [6.07, 6.45) is 14.2. The molecule has 102 valence electrons. The zero-order chi connectivity index (χ0) is 13.1. The second-order valence-electron chi connectivity index (χ2n) is 6.37. The highest BCUT2D eigenvalue weighted by Gasteiger charge is 2.37. The topological polar surface area (TPSA) is 16.1 Å². The Hall–Kier alpha value is -1.19. The van der Waals surface area contributed by atoms with Crippen LogP contribution in [0.5, 0.6) is 0 Å². The molecule has 2 aliphatic carbocycles. The Morgan fingerprint density at radius 1 is 1.35 bits per heavy atom. The van der Waals surface area contributed by atoms with Crippen molar-refractivity contribution >= 4 is 23.0 Å². The molecule has 0 N–H and O–H groups in total. The zero-order valence-electron chi connectivity index (χ0n) is 11.5. The van der Waals surface area contributed by atoms with Gasteiger partial charge in [0.25, 0.3) is 0 Å². The molecule has 5 rings (SSSR count). The summed E-state index contributed by atoms with van der Waals surface area (Å²) in [4.78, 5) is 7.72. The molecule has 0 aromatic carbocycles. The van der Waals surface area contributed by atoms with E-state index in [2.05, 4.69) is 29.2 Å². The number of nitrogens with zero attached hydrogens (tertiary/aromatic N) is 2. The largest absolute Gasteiger partial charge is 0.300 e. The molecule has 20 heavy (non-hydrogen) atoms. The summed E-state index contributed by atoms with van der Waals surface area (Å²) in [5.74, 6) is 0.691. The van der Waals surface area contributed by atoms with Gasteiger partial charge in [0.2, 0.25) is 0 Å². The first kappa shape index (κ1) is 11.5. The maximum Gasteiger partial charge on any atom is 0.0983 e. The molecule has 0 radical (unpaired) electrons. The predicted octanol–water partition coefficient (Wildman–Crippen LogP) is 1.93. The van der Waals surface area contributed by atoms with Gasteiger partial charge >= 0.3 is 0 Å². The molecule has 2 unspecified atom stereocenters. The molecule has 2 saturated heterocycles. The van der Waals surface area contributed by atoms with Gasteiger partial charge in [-0.3, -0.25) is 4.90 Å². The van der Waals surface area contributed by atoms with E-state index in [1.54, 1.807) is 0 Å². The molecule has 0 saturated carbocycles. The molecule has 2 fully saturated rings. The third-order valence-corrected chi connectivity index (χ3v) is 6.35. The molecule has 1 aromatic rings. The molecule has 4 aliphatic rings. The first-order valence-electron chi connectivity index (χ1n) is 7.71. The van der Waals surface area contributed by atoms with E-state index in [0.717, 1.165) is 12.5 Å². The van der Waals surface area contributed by atoms with Gasteiger partial charge in [-0.25, -0.2) is 4.98 Å². The van der Waals surface area contributed by atoms with E-state index in [9.17, 15) is 0 Å². The Labute approximate surface area is 122 Å². The highest BCUT2D eigenvalue weighted by Crippen LogP contribution is 2.37. The van der Waals surface area contributed by atoms with Gasteiger partial charge in [-0.15, -0.1) is 11.3 Å². The van der Waals surface area contributed by atoms with Crippen LogP contribution in [0.4, 0.5) is 0 Å². The molecule has 3 heterocycles. The molecule has 2 nitrogen and oxygen atoms in total. The number of aromatic nitrogens is 1. The average Bonchev–Trinajstić information content (AvgIpc) is 3.16. The monoisotopic (exact) mass is 282 g/mol. The maximum atomic E-state index is 5.03. The lowest BCUT2D eigenvalue weighted by Gasteiger charge is -2.12. The van der Waals surface area contributed by atoms with E-state index in [1.807, 2.05) is 11.3 Å². The highest BCUT2D eigenvalue weighted by molar-refractivity contribution is 7.09. The van der Waals surface area contributed by atoms with Crippen molar-refractivity contribution in [2.75, 3.05) is 13.1 Å². The van der Waals surface area contributed by atoms with Gasteiger partial charge in [-0.05, 0) is 49.5 Å². The molecule has 0 bridgehead atoms. The van der Waals surface area contributed by atoms with Crippen molar-refractivity contribution in [1.82, 2.24) is 9.88 Å². The Bertz CT molecular complexity index is 740. The molecular formula is C17H18N2S. The van der Waals surface area contributed by atoms with Gasteiger partial charge in [0.1, 0.15) is 0 Å². The molecule has 0 amide bonds. The van der Waals surface area contributed by atoms with Crippen LogP contribution in [0.1, 0.15) is 36.6 Å². The lowest BCUT2D eigenvalue weighted by atomic mass is 10.0. The van der Waals surface area contributed by atoms with E-state index in [1.165, 1.54) is 58.4 Å². The van der Waals surface area contributed by atoms with Crippen LogP contribution in [-0.2, 0) is 0 Å². The van der Waals surface area contributed by atoms with E-state index in [-0.39, 0.29) is 0 Å². The van der Waals surface area contributed by atoms with Crippen LogP contribution in [0, 0.1) is 0 Å². The molecule has 0 spiro atoms. The number of thiazole rings is 1. The van der Waals surface area contributed by atoms with Crippen molar-refractivity contribution in [3.63, 3.8) is 0 Å². The van der Waals surface area contributed by atoms with E-state index >= 15 is 0 Å². The van der Waals surface area contributed by atoms with Gasteiger partial charge < -0.3 is 0 Å². The third kappa shape index (κ3) is 1.57. The number of allylic oxidation sites excluding steroid dienone is 4. The lowest BCUT2D eigenvalue weighted by Crippen LogP contribution is -2.22. The number of hydrogen-bond donors (Lipinski definition) is 0. The van der Waals surface area contributed by atoms with E-state index in [0.29, 0.717) is 5.92 Å². The molecular weight excluding hydrogens is 264 g/mol. The Balaban J connectivity index is 1.53. The van der Waals surface area contributed by atoms with Gasteiger partial charge in [0.05, 0.1) is 14.9 Å². The summed E-state index contributed by atoms with van der Waals surface area (Å²) in [6, 6.07) is 0.850. The number of fused-ring (bicyclic) bond motifs is 3. The van der Waals surface area contributed by atoms with Crippen LogP contribution in [0.15, 0.2) is 23.8 Å². The third-order valence-electron chi connectivity index (χ3n) is 5.18. The second-order valence-corrected chi connectivity index (χ2v) is 7.43. The minimum Gasteiger partial charge on any atom is -0.300 e. The van der Waals surface area contributed by atoms with Gasteiger partial charge in [0, 0.05) is 18.5 Å². The van der Waals surface area contributed by atoms with Crippen molar-refractivity contribution in [1.29, 1.82) is 0 Å². The predicted molar refractivity (Wildman–Crippen MR) is 83.0 cm³/mol. The first-order valence-corrected chi connectivity index (χ1v) is 8.53. The Morgan fingerprint density at radius 2 is 2.35 bits per heavy atom. The second kappa shape index (κ2) is 4.15. The fraction of sp³-hybridized carbons (Fsp3) is 0.471. The molecule has 3 heteroatoms. The van der Waals surface area contributed by atoms with Crippen molar-refractivity contribution in [3.05, 3.63) is 38.7 Å². The van der Waals surface area contributed by atoms with Gasteiger partial charge in [-0.1, -0.05) is 18.2 Å². The first-order chi connectivity index (χ1) is 9.88. The van der Waals surface area contributed by atoms with Crippen molar-refractivity contribution in [2.45, 2.75) is 37.6 Å². The lowest BCUT2D eigenvalue weighted by molar-refractivity contribution is 0.322. The minimum atomic E-state index is 0.691. The van der Waals surface area contributed by atoms with Gasteiger partial charge in [0.15, 0.2) is 0 Å². The maximum absolute atomic E-state index is 5.03.